The molecule has 0 fully saturated rings. The van der Waals surface area contributed by atoms with Gasteiger partial charge in [-0.2, -0.15) is 4.98 Å². The van der Waals surface area contributed by atoms with Crippen molar-refractivity contribution in [3.8, 4) is 11.4 Å². The van der Waals surface area contributed by atoms with Crippen LogP contribution in [-0.4, -0.2) is 29.5 Å². The summed E-state index contributed by atoms with van der Waals surface area (Å²) in [7, 11) is -4.04. The summed E-state index contributed by atoms with van der Waals surface area (Å²) in [4.78, 5) is 20.1. The fourth-order valence-electron chi connectivity index (χ4n) is 1.86. The number of sulfonamides is 1. The van der Waals surface area contributed by atoms with Crippen LogP contribution in [0.2, 0.25) is 0 Å². The van der Waals surface area contributed by atoms with Gasteiger partial charge in [0, 0.05) is 18.0 Å². The van der Waals surface area contributed by atoms with Gasteiger partial charge in [-0.25, -0.2) is 18.4 Å². The van der Waals surface area contributed by atoms with Crippen LogP contribution in [0.25, 0.3) is 11.4 Å². The first kappa shape index (κ1) is 16.8. The van der Waals surface area contributed by atoms with Crippen LogP contribution in [0, 0.1) is 0 Å². The first-order valence-corrected chi connectivity index (χ1v) is 8.47. The molecule has 10 nitrogen and oxygen atoms in total. The first-order chi connectivity index (χ1) is 11.8. The number of esters is 1. The third-order valence-electron chi connectivity index (χ3n) is 3.06. The minimum atomic E-state index is -4.04. The highest BCUT2D eigenvalue weighted by molar-refractivity contribution is 7.89. The van der Waals surface area contributed by atoms with Crippen LogP contribution in [-0.2, 0) is 14.8 Å². The van der Waals surface area contributed by atoms with Gasteiger partial charge >= 0.3 is 5.97 Å². The smallest absolute Gasteiger partial charge is 0.375 e. The number of furan rings is 1. The first-order valence-electron chi connectivity index (χ1n) is 6.92. The molecular weight excluding hydrogens is 352 g/mol. The van der Waals surface area contributed by atoms with Crippen molar-refractivity contribution in [2.75, 3.05) is 0 Å². The molecule has 3 aromatic rings. The molecule has 0 aliphatic carbocycles. The van der Waals surface area contributed by atoms with Crippen LogP contribution in [0.5, 0.6) is 0 Å². The lowest BCUT2D eigenvalue weighted by atomic mass is 10.3. The molecule has 2 N–H and O–H groups in total. The van der Waals surface area contributed by atoms with Gasteiger partial charge in [0.05, 0.1) is 0 Å². The summed E-state index contributed by atoms with van der Waals surface area (Å²) in [5, 5.41) is 8.16. The number of aromatic nitrogens is 3. The lowest BCUT2D eigenvalue weighted by Crippen LogP contribution is -2.11. The van der Waals surface area contributed by atoms with E-state index in [0.29, 0.717) is 11.4 Å². The predicted octanol–water partition coefficient (Wildman–Crippen LogP) is 1.29. The van der Waals surface area contributed by atoms with Gasteiger partial charge < -0.3 is 13.7 Å². The van der Waals surface area contributed by atoms with Crippen molar-refractivity contribution in [3.63, 3.8) is 0 Å². The van der Waals surface area contributed by atoms with Crippen molar-refractivity contribution in [3.05, 3.63) is 48.3 Å². The number of carbonyl (C=O) groups is 1. The van der Waals surface area contributed by atoms with Gasteiger partial charge in [-0.05, 0) is 31.2 Å². The summed E-state index contributed by atoms with van der Waals surface area (Å²) in [5.41, 5.74) is 0.639. The molecule has 0 amide bonds. The van der Waals surface area contributed by atoms with Crippen LogP contribution in [0.3, 0.4) is 0 Å². The standard InChI is InChI=1S/C14H12N4O6S/c1-8(13-17-12(18-24-13)9-3-2-6-16-7-9)22-14(19)10-4-5-11(23-10)25(15,20)21/h2-8H,1H3,(H2,15,20,21). The maximum atomic E-state index is 12.0. The van der Waals surface area contributed by atoms with Gasteiger partial charge in [0.1, 0.15) is 0 Å². The number of hydrogen-bond acceptors (Lipinski definition) is 9. The molecule has 0 bridgehead atoms. The fourth-order valence-corrected chi connectivity index (χ4v) is 2.33. The lowest BCUT2D eigenvalue weighted by molar-refractivity contribution is 0.0225. The zero-order valence-corrected chi connectivity index (χ0v) is 13.6. The molecular formula is C14H12N4O6S. The minimum absolute atomic E-state index is 0.0606. The zero-order chi connectivity index (χ0) is 18.0. The summed E-state index contributed by atoms with van der Waals surface area (Å²) in [6.07, 6.45) is 2.28. The molecule has 0 aliphatic rings. The molecule has 1 atom stereocenters. The van der Waals surface area contributed by atoms with E-state index in [-0.39, 0.29) is 11.7 Å². The Labute approximate surface area is 141 Å². The van der Waals surface area contributed by atoms with E-state index >= 15 is 0 Å². The highest BCUT2D eigenvalue weighted by atomic mass is 32.2. The Morgan fingerprint density at radius 3 is 2.76 bits per heavy atom. The van der Waals surface area contributed by atoms with Crippen LogP contribution < -0.4 is 5.14 Å². The second-order valence-corrected chi connectivity index (χ2v) is 6.40. The summed E-state index contributed by atoms with van der Waals surface area (Å²) in [6.45, 7) is 1.52. The molecule has 130 valence electrons. The summed E-state index contributed by atoms with van der Waals surface area (Å²) in [5.74, 6) is -0.864. The molecule has 0 spiro atoms. The molecule has 1 unspecified atom stereocenters. The molecule has 0 aromatic carbocycles. The van der Waals surface area contributed by atoms with Gasteiger partial charge in [0.25, 0.3) is 15.9 Å². The van der Waals surface area contributed by atoms with E-state index < -0.39 is 27.2 Å². The molecule has 3 heterocycles. The van der Waals surface area contributed by atoms with Gasteiger partial charge in [0.15, 0.2) is 6.10 Å². The van der Waals surface area contributed by atoms with Crippen molar-refractivity contribution < 1.29 is 26.9 Å². The third kappa shape index (κ3) is 3.72. The van der Waals surface area contributed by atoms with Gasteiger partial charge in [0.2, 0.25) is 16.7 Å². The second kappa shape index (κ2) is 6.45. The Kier molecular flexibility index (Phi) is 4.33. The topological polar surface area (TPSA) is 151 Å². The maximum Gasteiger partial charge on any atom is 0.375 e. The summed E-state index contributed by atoms with van der Waals surface area (Å²) >= 11 is 0. The van der Waals surface area contributed by atoms with Crippen LogP contribution >= 0.6 is 0 Å². The van der Waals surface area contributed by atoms with Gasteiger partial charge in [-0.3, -0.25) is 4.98 Å². The van der Waals surface area contributed by atoms with Crippen molar-refractivity contribution in [1.29, 1.82) is 0 Å². The number of hydrogen-bond donors (Lipinski definition) is 1. The van der Waals surface area contributed by atoms with Crippen LogP contribution in [0.1, 0.15) is 29.5 Å². The number of rotatable bonds is 5. The Balaban J connectivity index is 1.72. The largest absolute Gasteiger partial charge is 0.447 e. The highest BCUT2D eigenvalue weighted by Crippen LogP contribution is 2.22. The molecule has 11 heteroatoms. The molecule has 0 aliphatic heterocycles. The predicted molar refractivity (Wildman–Crippen MR) is 81.4 cm³/mol. The lowest BCUT2D eigenvalue weighted by Gasteiger charge is -2.07. The molecule has 0 radical (unpaired) electrons. The molecule has 0 saturated carbocycles. The second-order valence-electron chi connectivity index (χ2n) is 4.91. The average molecular weight is 364 g/mol. The Morgan fingerprint density at radius 2 is 2.12 bits per heavy atom. The third-order valence-corrected chi connectivity index (χ3v) is 3.84. The minimum Gasteiger partial charge on any atom is -0.447 e. The average Bonchev–Trinajstić information content (AvgIpc) is 3.25. The van der Waals surface area contributed by atoms with E-state index in [0.717, 1.165) is 12.1 Å². The highest BCUT2D eigenvalue weighted by Gasteiger charge is 2.23. The van der Waals surface area contributed by atoms with Crippen molar-refractivity contribution in [2.45, 2.75) is 18.1 Å². The zero-order valence-electron chi connectivity index (χ0n) is 12.8. The van der Waals surface area contributed by atoms with Crippen molar-refractivity contribution >= 4 is 16.0 Å². The van der Waals surface area contributed by atoms with E-state index in [4.69, 9.17) is 18.8 Å². The SMILES string of the molecule is CC(OC(=O)c1ccc(S(N)(=O)=O)o1)c1nc(-c2cccnc2)no1. The van der Waals surface area contributed by atoms with E-state index in [2.05, 4.69) is 15.1 Å². The van der Waals surface area contributed by atoms with E-state index in [1.807, 2.05) is 0 Å². The number of ether oxygens (including phenoxy) is 1. The number of nitrogens with two attached hydrogens (primary N) is 1. The quantitative estimate of drug-likeness (QED) is 0.660. The molecule has 0 saturated heterocycles. The van der Waals surface area contributed by atoms with Gasteiger partial charge in [-0.15, -0.1) is 0 Å². The number of carbonyl (C=O) groups excluding carboxylic acids is 1. The molecule has 25 heavy (non-hydrogen) atoms. The Hall–Kier alpha value is -3.05. The maximum absolute atomic E-state index is 12.0. The molecule has 3 aromatic heterocycles. The fraction of sp³-hybridized carbons (Fsp3) is 0.143. The van der Waals surface area contributed by atoms with Gasteiger partial charge in [-0.1, -0.05) is 5.16 Å². The van der Waals surface area contributed by atoms with E-state index in [1.54, 1.807) is 24.5 Å². The Morgan fingerprint density at radius 1 is 1.32 bits per heavy atom. The number of pyridine rings is 1. The van der Waals surface area contributed by atoms with Crippen molar-refractivity contribution in [2.24, 2.45) is 5.14 Å². The molecule has 3 rings (SSSR count). The monoisotopic (exact) mass is 364 g/mol. The summed E-state index contributed by atoms with van der Waals surface area (Å²) in [6, 6.07) is 5.66. The number of primary sulfonamides is 1. The van der Waals surface area contributed by atoms with Crippen LogP contribution in [0.15, 0.2) is 50.7 Å². The van der Waals surface area contributed by atoms with Crippen LogP contribution in [0.4, 0.5) is 0 Å². The normalized spacial score (nSPS) is 12.7. The number of nitrogens with zero attached hydrogens (tertiary/aromatic N) is 3. The van der Waals surface area contributed by atoms with E-state index in [1.165, 1.54) is 6.92 Å². The Bertz CT molecular complexity index is 995. The summed E-state index contributed by atoms with van der Waals surface area (Å²) < 4.78 is 37.3. The van der Waals surface area contributed by atoms with E-state index in [9.17, 15) is 13.2 Å². The van der Waals surface area contributed by atoms with Crippen molar-refractivity contribution in [1.82, 2.24) is 15.1 Å².